The zero-order valence-electron chi connectivity index (χ0n) is 14.4. The van der Waals surface area contributed by atoms with Gasteiger partial charge in [0.05, 0.1) is 24.2 Å². The minimum Gasteiger partial charge on any atom is -0.482 e. The molecule has 2 aromatic rings. The normalized spacial score (nSPS) is 13.4. The number of nitrogens with zero attached hydrogens (tertiary/aromatic N) is 3. The molecular formula is C18H22N4O3. The number of carbonyl (C=O) groups is 1. The number of nitrogens with one attached hydrogen (secondary N) is 1. The molecule has 0 aliphatic carbocycles. The smallest absolute Gasteiger partial charge is 0.265 e. The van der Waals surface area contributed by atoms with E-state index >= 15 is 0 Å². The third-order valence-electron chi connectivity index (χ3n) is 3.64. The fourth-order valence-electron chi connectivity index (χ4n) is 2.58. The third kappa shape index (κ3) is 4.37. The van der Waals surface area contributed by atoms with Crippen LogP contribution in [0.3, 0.4) is 0 Å². The molecule has 7 heteroatoms. The Balaban J connectivity index is 1.53. The number of benzene rings is 1. The summed E-state index contributed by atoms with van der Waals surface area (Å²) in [4.78, 5) is 22.3. The molecule has 0 saturated heterocycles. The standard InChI is InChI=1S/C18H22N4O3/c1-13(2)25-17-11-19-10-16(21-17)20-8-5-9-22-14-6-3-4-7-15(14)24-12-18(22)23/h3-4,6-7,10-11,13H,5,8-9,12H2,1-2H3,(H,20,21). The third-order valence-corrected chi connectivity index (χ3v) is 3.64. The SMILES string of the molecule is CC(C)Oc1cncc(NCCCN2C(=O)COc3ccccc32)n1. The average Bonchev–Trinajstić information content (AvgIpc) is 2.60. The van der Waals surface area contributed by atoms with Crippen LogP contribution in [0.4, 0.5) is 11.5 Å². The highest BCUT2D eigenvalue weighted by Crippen LogP contribution is 2.31. The summed E-state index contributed by atoms with van der Waals surface area (Å²) < 4.78 is 11.0. The van der Waals surface area contributed by atoms with E-state index in [4.69, 9.17) is 9.47 Å². The summed E-state index contributed by atoms with van der Waals surface area (Å²) >= 11 is 0. The van der Waals surface area contributed by atoms with Gasteiger partial charge in [-0.2, -0.15) is 4.98 Å². The van der Waals surface area contributed by atoms with Gasteiger partial charge in [0.25, 0.3) is 5.91 Å². The molecule has 0 unspecified atom stereocenters. The maximum absolute atomic E-state index is 12.1. The molecule has 0 saturated carbocycles. The molecule has 1 aliphatic rings. The van der Waals surface area contributed by atoms with Crippen molar-refractivity contribution in [1.82, 2.24) is 9.97 Å². The summed E-state index contributed by atoms with van der Waals surface area (Å²) in [7, 11) is 0. The lowest BCUT2D eigenvalue weighted by Gasteiger charge is -2.29. The molecule has 25 heavy (non-hydrogen) atoms. The number of fused-ring (bicyclic) bond motifs is 1. The lowest BCUT2D eigenvalue weighted by atomic mass is 10.2. The second kappa shape index (κ2) is 7.83. The van der Waals surface area contributed by atoms with Crippen molar-refractivity contribution in [3.8, 4) is 11.6 Å². The number of para-hydroxylation sites is 2. The molecule has 1 N–H and O–H groups in total. The summed E-state index contributed by atoms with van der Waals surface area (Å²) in [6.45, 7) is 5.26. The summed E-state index contributed by atoms with van der Waals surface area (Å²) in [5.74, 6) is 1.88. The Labute approximate surface area is 147 Å². The van der Waals surface area contributed by atoms with Crippen LogP contribution in [0.25, 0.3) is 0 Å². The van der Waals surface area contributed by atoms with Crippen LogP contribution in [0.2, 0.25) is 0 Å². The van der Waals surface area contributed by atoms with Crippen molar-refractivity contribution in [2.45, 2.75) is 26.4 Å². The first-order valence-electron chi connectivity index (χ1n) is 8.38. The number of carbonyl (C=O) groups excluding carboxylic acids is 1. The highest BCUT2D eigenvalue weighted by molar-refractivity contribution is 5.97. The van der Waals surface area contributed by atoms with Gasteiger partial charge in [-0.05, 0) is 32.4 Å². The summed E-state index contributed by atoms with van der Waals surface area (Å²) in [6, 6.07) is 7.59. The number of hydrogen-bond donors (Lipinski definition) is 1. The van der Waals surface area contributed by atoms with Crippen LogP contribution >= 0.6 is 0 Å². The Morgan fingerprint density at radius 1 is 1.32 bits per heavy atom. The van der Waals surface area contributed by atoms with Gasteiger partial charge in [0.2, 0.25) is 5.88 Å². The van der Waals surface area contributed by atoms with E-state index in [2.05, 4.69) is 15.3 Å². The van der Waals surface area contributed by atoms with Crippen LogP contribution in [-0.4, -0.2) is 41.7 Å². The molecule has 1 amide bonds. The minimum absolute atomic E-state index is 0.0224. The predicted molar refractivity (Wildman–Crippen MR) is 95.2 cm³/mol. The van der Waals surface area contributed by atoms with Gasteiger partial charge in [0.1, 0.15) is 11.6 Å². The van der Waals surface area contributed by atoms with Crippen molar-refractivity contribution in [3.05, 3.63) is 36.7 Å². The maximum Gasteiger partial charge on any atom is 0.265 e. The fourth-order valence-corrected chi connectivity index (χ4v) is 2.58. The Morgan fingerprint density at radius 3 is 3.00 bits per heavy atom. The van der Waals surface area contributed by atoms with Crippen LogP contribution in [0.1, 0.15) is 20.3 Å². The molecule has 2 heterocycles. The lowest BCUT2D eigenvalue weighted by molar-refractivity contribution is -0.121. The van der Waals surface area contributed by atoms with Crippen molar-refractivity contribution >= 4 is 17.4 Å². The molecule has 132 valence electrons. The van der Waals surface area contributed by atoms with E-state index in [-0.39, 0.29) is 18.6 Å². The number of ether oxygens (including phenoxy) is 2. The van der Waals surface area contributed by atoms with E-state index < -0.39 is 0 Å². The van der Waals surface area contributed by atoms with Crippen molar-refractivity contribution in [2.24, 2.45) is 0 Å². The van der Waals surface area contributed by atoms with Crippen LogP contribution in [0.15, 0.2) is 36.7 Å². The van der Waals surface area contributed by atoms with Gasteiger partial charge in [-0.15, -0.1) is 0 Å². The van der Waals surface area contributed by atoms with Crippen LogP contribution in [0.5, 0.6) is 11.6 Å². The minimum atomic E-state index is -0.0224. The fraction of sp³-hybridized carbons (Fsp3) is 0.389. The Bertz CT molecular complexity index is 736. The first kappa shape index (κ1) is 17.0. The lowest BCUT2D eigenvalue weighted by Crippen LogP contribution is -2.39. The van der Waals surface area contributed by atoms with Gasteiger partial charge in [-0.1, -0.05) is 12.1 Å². The molecule has 1 aromatic carbocycles. The number of anilines is 2. The van der Waals surface area contributed by atoms with Crippen LogP contribution in [-0.2, 0) is 4.79 Å². The van der Waals surface area contributed by atoms with E-state index in [0.29, 0.717) is 24.8 Å². The van der Waals surface area contributed by atoms with Gasteiger partial charge in [0, 0.05) is 13.1 Å². The number of amides is 1. The summed E-state index contributed by atoms with van der Waals surface area (Å²) in [5, 5.41) is 3.21. The molecule has 0 atom stereocenters. The van der Waals surface area contributed by atoms with Gasteiger partial charge in [-0.25, -0.2) is 0 Å². The second-order valence-corrected chi connectivity index (χ2v) is 5.99. The molecule has 1 aliphatic heterocycles. The molecule has 0 radical (unpaired) electrons. The van der Waals surface area contributed by atoms with E-state index in [1.165, 1.54) is 0 Å². The number of rotatable bonds is 7. The van der Waals surface area contributed by atoms with Crippen molar-refractivity contribution < 1.29 is 14.3 Å². The quantitative estimate of drug-likeness (QED) is 0.779. The van der Waals surface area contributed by atoms with Crippen molar-refractivity contribution in [1.29, 1.82) is 0 Å². The highest BCUT2D eigenvalue weighted by Gasteiger charge is 2.24. The Hall–Kier alpha value is -2.83. The van der Waals surface area contributed by atoms with Gasteiger partial charge in [0.15, 0.2) is 6.61 Å². The molecular weight excluding hydrogens is 320 g/mol. The Morgan fingerprint density at radius 2 is 2.16 bits per heavy atom. The van der Waals surface area contributed by atoms with E-state index in [1.54, 1.807) is 17.3 Å². The largest absolute Gasteiger partial charge is 0.482 e. The highest BCUT2D eigenvalue weighted by atomic mass is 16.5. The second-order valence-electron chi connectivity index (χ2n) is 5.99. The topological polar surface area (TPSA) is 76.6 Å². The first-order chi connectivity index (χ1) is 12.1. The van der Waals surface area contributed by atoms with Gasteiger partial charge < -0.3 is 19.7 Å². The predicted octanol–water partition coefficient (Wildman–Crippen LogP) is 2.49. The molecule has 0 bridgehead atoms. The zero-order valence-corrected chi connectivity index (χ0v) is 14.4. The monoisotopic (exact) mass is 342 g/mol. The van der Waals surface area contributed by atoms with Crippen LogP contribution < -0.4 is 19.7 Å². The summed E-state index contributed by atoms with van der Waals surface area (Å²) in [5.41, 5.74) is 0.825. The maximum atomic E-state index is 12.1. The first-order valence-corrected chi connectivity index (χ1v) is 8.38. The molecule has 7 nitrogen and oxygen atoms in total. The van der Waals surface area contributed by atoms with E-state index in [1.807, 2.05) is 38.1 Å². The zero-order chi connectivity index (χ0) is 17.6. The molecule has 1 aromatic heterocycles. The summed E-state index contributed by atoms with van der Waals surface area (Å²) in [6.07, 6.45) is 4.07. The van der Waals surface area contributed by atoms with Gasteiger partial charge >= 0.3 is 0 Å². The van der Waals surface area contributed by atoms with Gasteiger partial charge in [-0.3, -0.25) is 9.78 Å². The molecule has 0 spiro atoms. The van der Waals surface area contributed by atoms with Crippen molar-refractivity contribution in [3.63, 3.8) is 0 Å². The number of hydrogen-bond acceptors (Lipinski definition) is 6. The Kier molecular flexibility index (Phi) is 5.33. The van der Waals surface area contributed by atoms with E-state index in [9.17, 15) is 4.79 Å². The van der Waals surface area contributed by atoms with Crippen molar-refractivity contribution in [2.75, 3.05) is 29.9 Å². The number of aromatic nitrogens is 2. The molecule has 3 rings (SSSR count). The van der Waals surface area contributed by atoms with E-state index in [0.717, 1.165) is 17.9 Å². The average molecular weight is 342 g/mol. The van der Waals surface area contributed by atoms with Crippen LogP contribution in [0, 0.1) is 0 Å². The molecule has 0 fully saturated rings.